The lowest BCUT2D eigenvalue weighted by Gasteiger charge is -2.41. The topological polar surface area (TPSA) is 69.6 Å². The number of piperazine rings is 1. The molecule has 2 heterocycles. The average molecular weight is 449 g/mol. The van der Waals surface area contributed by atoms with E-state index in [0.29, 0.717) is 0 Å². The van der Waals surface area contributed by atoms with E-state index in [2.05, 4.69) is 44.3 Å². The van der Waals surface area contributed by atoms with Gasteiger partial charge in [-0.3, -0.25) is 4.90 Å². The first-order valence-electron chi connectivity index (χ1n) is 11.4. The summed E-state index contributed by atoms with van der Waals surface area (Å²) in [4.78, 5) is 16.2. The third-order valence-corrected chi connectivity index (χ3v) is 7.71. The fraction of sp³-hybridized carbons (Fsp3) is 0.400. The smallest absolute Gasteiger partial charge is 0.335 e. The van der Waals surface area contributed by atoms with E-state index in [9.17, 15) is 4.79 Å². The zero-order valence-corrected chi connectivity index (χ0v) is 18.9. The summed E-state index contributed by atoms with van der Waals surface area (Å²) in [7, 11) is 0. The van der Waals surface area contributed by atoms with Crippen LogP contribution in [0.5, 0.6) is 0 Å². The van der Waals surface area contributed by atoms with E-state index in [1.165, 1.54) is 49.1 Å². The molecule has 1 N–H and O–H groups in total. The molecule has 1 aliphatic carbocycles. The molecule has 0 atom stereocenters. The van der Waals surface area contributed by atoms with Crippen molar-refractivity contribution in [2.45, 2.75) is 38.1 Å². The highest BCUT2D eigenvalue weighted by molar-refractivity contribution is 7.17. The summed E-state index contributed by atoms with van der Waals surface area (Å²) in [6, 6.07) is 16.2. The van der Waals surface area contributed by atoms with Gasteiger partial charge in [0, 0.05) is 49.0 Å². The van der Waals surface area contributed by atoms with Crippen LogP contribution in [0.4, 0.5) is 5.69 Å². The first-order valence-corrected chi connectivity index (χ1v) is 12.3. The van der Waals surface area contributed by atoms with Gasteiger partial charge in [0.2, 0.25) is 0 Å². The molecule has 166 valence electrons. The Bertz CT molecular complexity index is 1050. The average Bonchev–Trinajstić information content (AvgIpc) is 3.35. The molecule has 0 bridgehead atoms. The van der Waals surface area contributed by atoms with Crippen LogP contribution in [0.1, 0.15) is 42.5 Å². The first kappa shape index (κ1) is 21.1. The van der Waals surface area contributed by atoms with E-state index < -0.39 is 5.97 Å². The molecule has 2 aliphatic rings. The van der Waals surface area contributed by atoms with Crippen molar-refractivity contribution in [3.63, 3.8) is 0 Å². The van der Waals surface area contributed by atoms with Crippen molar-refractivity contribution in [3.05, 3.63) is 54.1 Å². The van der Waals surface area contributed by atoms with Gasteiger partial charge < -0.3 is 10.0 Å². The summed E-state index contributed by atoms with van der Waals surface area (Å²) >= 11 is 1.52. The normalized spacial score (nSPS) is 18.1. The van der Waals surface area contributed by atoms with E-state index in [0.717, 1.165) is 53.4 Å². The van der Waals surface area contributed by atoms with Crippen LogP contribution >= 0.6 is 11.3 Å². The molecule has 0 unspecified atom stereocenters. The second-order valence-corrected chi connectivity index (χ2v) is 9.63. The predicted octanol–water partition coefficient (Wildman–Crippen LogP) is 5.03. The summed E-state index contributed by atoms with van der Waals surface area (Å²) in [6.45, 7) is 4.50. The van der Waals surface area contributed by atoms with Crippen LogP contribution in [0.3, 0.4) is 0 Å². The van der Waals surface area contributed by atoms with Crippen molar-refractivity contribution in [1.29, 1.82) is 0 Å². The molecule has 3 aromatic rings. The van der Waals surface area contributed by atoms with E-state index >= 15 is 0 Å². The van der Waals surface area contributed by atoms with Gasteiger partial charge in [-0.25, -0.2) is 4.79 Å². The number of anilines is 1. The van der Waals surface area contributed by atoms with Crippen LogP contribution in [-0.2, 0) is 0 Å². The molecule has 6 nitrogen and oxygen atoms in total. The zero-order chi connectivity index (χ0) is 21.9. The van der Waals surface area contributed by atoms with Crippen LogP contribution in [0.25, 0.3) is 21.1 Å². The van der Waals surface area contributed by atoms with Crippen LogP contribution < -0.4 is 4.90 Å². The predicted molar refractivity (Wildman–Crippen MR) is 128 cm³/mol. The van der Waals surface area contributed by atoms with E-state index in [1.807, 2.05) is 0 Å². The molecule has 1 saturated carbocycles. The van der Waals surface area contributed by atoms with Gasteiger partial charge in [-0.15, -0.1) is 10.2 Å². The second kappa shape index (κ2) is 9.38. The number of rotatable bonds is 5. The van der Waals surface area contributed by atoms with Crippen LogP contribution in [0.2, 0.25) is 0 Å². The van der Waals surface area contributed by atoms with Crippen molar-refractivity contribution in [2.24, 2.45) is 0 Å². The lowest BCUT2D eigenvalue weighted by atomic mass is 9.94. The Hall–Kier alpha value is -2.77. The Labute approximate surface area is 192 Å². The van der Waals surface area contributed by atoms with Gasteiger partial charge in [0.15, 0.2) is 0 Å². The van der Waals surface area contributed by atoms with Gasteiger partial charge in [0.25, 0.3) is 0 Å². The SMILES string of the molecule is O=C(O)c1ccc(-c2nnc(-c3ccc(N4CCN(C5CCCCC5)CC4)cc3)s2)cc1. The number of aromatic carboxylic acids is 1. The summed E-state index contributed by atoms with van der Waals surface area (Å²) in [5, 5.41) is 19.4. The lowest BCUT2D eigenvalue weighted by Crippen LogP contribution is -2.50. The highest BCUT2D eigenvalue weighted by Gasteiger charge is 2.25. The van der Waals surface area contributed by atoms with Crippen LogP contribution in [-0.4, -0.2) is 58.4 Å². The third kappa shape index (κ3) is 4.54. The fourth-order valence-corrected chi connectivity index (χ4v) is 5.67. The molecule has 0 amide bonds. The third-order valence-electron chi connectivity index (χ3n) is 6.69. The number of carboxylic acid groups (broad SMARTS) is 1. The van der Waals surface area contributed by atoms with Crippen molar-refractivity contribution in [3.8, 4) is 21.1 Å². The molecule has 0 radical (unpaired) electrons. The van der Waals surface area contributed by atoms with Crippen molar-refractivity contribution >= 4 is 23.0 Å². The molecular formula is C25H28N4O2S. The van der Waals surface area contributed by atoms with Gasteiger partial charge >= 0.3 is 5.97 Å². The molecule has 1 aromatic heterocycles. The van der Waals surface area contributed by atoms with E-state index in [1.54, 1.807) is 24.3 Å². The van der Waals surface area contributed by atoms with Gasteiger partial charge in [-0.2, -0.15) is 0 Å². The minimum absolute atomic E-state index is 0.272. The molecule has 1 aliphatic heterocycles. The standard InChI is InChI=1S/C25H28N4O2S/c30-25(31)20-8-6-18(7-9-20)23-26-27-24(32-23)19-10-12-22(13-11-19)29-16-14-28(15-17-29)21-4-2-1-3-5-21/h6-13,21H,1-5,14-17H2,(H,30,31). The maximum atomic E-state index is 11.0. The Kier molecular flexibility index (Phi) is 6.19. The van der Waals surface area contributed by atoms with E-state index in [4.69, 9.17) is 5.11 Å². The number of nitrogens with zero attached hydrogens (tertiary/aromatic N) is 4. The van der Waals surface area contributed by atoms with E-state index in [-0.39, 0.29) is 5.56 Å². The maximum Gasteiger partial charge on any atom is 0.335 e. The minimum Gasteiger partial charge on any atom is -0.478 e. The first-order chi connectivity index (χ1) is 15.7. The van der Waals surface area contributed by atoms with Crippen LogP contribution in [0.15, 0.2) is 48.5 Å². The van der Waals surface area contributed by atoms with Crippen molar-refractivity contribution < 1.29 is 9.90 Å². The number of carbonyl (C=O) groups is 1. The molecule has 1 saturated heterocycles. The van der Waals surface area contributed by atoms with Crippen LogP contribution in [0, 0.1) is 0 Å². The Morgan fingerprint density at radius 1 is 0.812 bits per heavy atom. The van der Waals surface area contributed by atoms with Gasteiger partial charge in [0.1, 0.15) is 10.0 Å². The summed E-state index contributed by atoms with van der Waals surface area (Å²) in [5.41, 5.74) is 3.48. The number of aromatic nitrogens is 2. The lowest BCUT2D eigenvalue weighted by molar-refractivity contribution is 0.0697. The van der Waals surface area contributed by atoms with Gasteiger partial charge in [0.05, 0.1) is 5.56 Å². The van der Waals surface area contributed by atoms with Gasteiger partial charge in [-0.1, -0.05) is 42.7 Å². The summed E-state index contributed by atoms with van der Waals surface area (Å²) in [6.07, 6.45) is 6.96. The number of hydrogen-bond acceptors (Lipinski definition) is 6. The second-order valence-electron chi connectivity index (χ2n) is 8.66. The number of benzene rings is 2. The Balaban J connectivity index is 1.22. The highest BCUT2D eigenvalue weighted by atomic mass is 32.1. The maximum absolute atomic E-state index is 11.0. The monoisotopic (exact) mass is 448 g/mol. The highest BCUT2D eigenvalue weighted by Crippen LogP contribution is 2.31. The molecule has 0 spiro atoms. The quantitative estimate of drug-likeness (QED) is 0.591. The summed E-state index contributed by atoms with van der Waals surface area (Å²) in [5.74, 6) is -0.926. The summed E-state index contributed by atoms with van der Waals surface area (Å²) < 4.78 is 0. The molecule has 7 heteroatoms. The Morgan fingerprint density at radius 3 is 1.94 bits per heavy atom. The molecule has 32 heavy (non-hydrogen) atoms. The minimum atomic E-state index is -0.926. The Morgan fingerprint density at radius 2 is 1.38 bits per heavy atom. The van der Waals surface area contributed by atoms with Crippen molar-refractivity contribution in [2.75, 3.05) is 31.1 Å². The largest absolute Gasteiger partial charge is 0.478 e. The number of carboxylic acids is 1. The molecule has 2 fully saturated rings. The molecular weight excluding hydrogens is 420 g/mol. The van der Waals surface area contributed by atoms with Gasteiger partial charge in [-0.05, 0) is 49.2 Å². The molecule has 2 aromatic carbocycles. The number of hydrogen-bond donors (Lipinski definition) is 1. The fourth-order valence-electron chi connectivity index (χ4n) is 4.82. The zero-order valence-electron chi connectivity index (χ0n) is 18.1. The van der Waals surface area contributed by atoms with Crippen molar-refractivity contribution in [1.82, 2.24) is 15.1 Å². The molecule has 5 rings (SSSR count).